The van der Waals surface area contributed by atoms with E-state index in [-0.39, 0.29) is 31.4 Å². The number of aromatic amines is 2. The Morgan fingerprint density at radius 2 is 1.10 bits per heavy atom. The number of nitrogens with two attached hydrogens (primary N) is 2. The van der Waals surface area contributed by atoms with Crippen LogP contribution in [-0.2, 0) is 18.4 Å². The SMILES string of the molecule is Cl.Cl.NCC(N)(c1n[nH]cc1Cc1ccccc1)c1n[nH]cc1Cc1ccccc1. The van der Waals surface area contributed by atoms with Crippen molar-refractivity contribution < 1.29 is 0 Å². The lowest BCUT2D eigenvalue weighted by molar-refractivity contribution is 0.507. The van der Waals surface area contributed by atoms with Crippen LogP contribution in [0.2, 0.25) is 0 Å². The summed E-state index contributed by atoms with van der Waals surface area (Å²) in [6.07, 6.45) is 5.24. The lowest BCUT2D eigenvalue weighted by Gasteiger charge is -2.26. The van der Waals surface area contributed by atoms with Crippen LogP contribution in [0.1, 0.15) is 33.6 Å². The van der Waals surface area contributed by atoms with Gasteiger partial charge in [-0.15, -0.1) is 24.8 Å². The summed E-state index contributed by atoms with van der Waals surface area (Å²) in [6, 6.07) is 20.5. The third-order valence-corrected chi connectivity index (χ3v) is 5.08. The number of nitrogens with one attached hydrogen (secondary N) is 2. The molecule has 30 heavy (non-hydrogen) atoms. The Kier molecular flexibility index (Phi) is 8.20. The standard InChI is InChI=1S/C22H24N6.2ClH/c23-15-22(24,20-18(13-25-27-20)11-16-7-3-1-4-8-16)21-19(14-26-28-21)12-17-9-5-2-6-10-17;;/h1-10,13-14H,11-12,15,23-24H2,(H,25,27)(H,26,28);2*1H. The molecule has 0 amide bonds. The first kappa shape index (κ1) is 23.6. The molecule has 2 aromatic heterocycles. The molecule has 4 rings (SSSR count). The Balaban J connectivity index is 0.00000160. The van der Waals surface area contributed by atoms with Crippen LogP contribution in [0.3, 0.4) is 0 Å². The molecule has 158 valence electrons. The normalized spacial score (nSPS) is 10.9. The third-order valence-electron chi connectivity index (χ3n) is 5.08. The van der Waals surface area contributed by atoms with Crippen molar-refractivity contribution in [1.82, 2.24) is 20.4 Å². The Labute approximate surface area is 188 Å². The summed E-state index contributed by atoms with van der Waals surface area (Å²) in [5.41, 5.74) is 17.9. The van der Waals surface area contributed by atoms with Crippen LogP contribution in [0.5, 0.6) is 0 Å². The van der Waals surface area contributed by atoms with Gasteiger partial charge >= 0.3 is 0 Å². The van der Waals surface area contributed by atoms with E-state index in [1.54, 1.807) is 0 Å². The van der Waals surface area contributed by atoms with Gasteiger partial charge in [-0.1, -0.05) is 60.7 Å². The highest BCUT2D eigenvalue weighted by molar-refractivity contribution is 5.85. The van der Waals surface area contributed by atoms with Crippen molar-refractivity contribution in [3.8, 4) is 0 Å². The minimum Gasteiger partial charge on any atom is -0.328 e. The highest BCUT2D eigenvalue weighted by Gasteiger charge is 2.37. The Bertz CT molecular complexity index is 950. The van der Waals surface area contributed by atoms with Crippen molar-refractivity contribution in [3.05, 3.63) is 107 Å². The molecular formula is C22H26Cl2N6. The van der Waals surface area contributed by atoms with Crippen LogP contribution in [0.4, 0.5) is 0 Å². The maximum absolute atomic E-state index is 6.85. The molecule has 0 aliphatic heterocycles. The van der Waals surface area contributed by atoms with Crippen molar-refractivity contribution in [2.24, 2.45) is 11.5 Å². The molecule has 0 aliphatic carbocycles. The van der Waals surface area contributed by atoms with Gasteiger partial charge in [-0.25, -0.2) is 0 Å². The summed E-state index contributed by atoms with van der Waals surface area (Å²) in [5, 5.41) is 14.9. The van der Waals surface area contributed by atoms with Crippen molar-refractivity contribution >= 4 is 24.8 Å². The van der Waals surface area contributed by atoms with Crippen LogP contribution < -0.4 is 11.5 Å². The molecule has 4 aromatic rings. The van der Waals surface area contributed by atoms with Gasteiger partial charge in [0, 0.05) is 31.8 Å². The topological polar surface area (TPSA) is 109 Å². The number of aromatic nitrogens is 4. The fraction of sp³-hybridized carbons (Fsp3) is 0.182. The molecule has 6 N–H and O–H groups in total. The fourth-order valence-electron chi connectivity index (χ4n) is 3.61. The van der Waals surface area contributed by atoms with E-state index in [4.69, 9.17) is 11.5 Å². The van der Waals surface area contributed by atoms with E-state index in [0.717, 1.165) is 35.4 Å². The number of rotatable bonds is 7. The van der Waals surface area contributed by atoms with Gasteiger partial charge in [0.2, 0.25) is 0 Å². The second kappa shape index (κ2) is 10.4. The first-order chi connectivity index (χ1) is 13.7. The van der Waals surface area contributed by atoms with Gasteiger partial charge in [0.1, 0.15) is 5.54 Å². The zero-order valence-electron chi connectivity index (χ0n) is 16.4. The number of benzene rings is 2. The number of H-pyrrole nitrogens is 2. The zero-order valence-corrected chi connectivity index (χ0v) is 18.0. The Hall–Kier alpha value is -2.64. The molecule has 8 heteroatoms. The molecule has 2 aromatic carbocycles. The summed E-state index contributed by atoms with van der Waals surface area (Å²) in [4.78, 5) is 0. The van der Waals surface area contributed by atoms with Crippen molar-refractivity contribution in [3.63, 3.8) is 0 Å². The van der Waals surface area contributed by atoms with Gasteiger partial charge in [-0.2, -0.15) is 10.2 Å². The van der Waals surface area contributed by atoms with Crippen LogP contribution in [0.15, 0.2) is 73.1 Å². The fourth-order valence-corrected chi connectivity index (χ4v) is 3.61. The van der Waals surface area contributed by atoms with E-state index in [0.29, 0.717) is 0 Å². The van der Waals surface area contributed by atoms with E-state index >= 15 is 0 Å². The molecular weight excluding hydrogens is 419 g/mol. The molecule has 6 nitrogen and oxygen atoms in total. The van der Waals surface area contributed by atoms with Crippen LogP contribution >= 0.6 is 24.8 Å². The van der Waals surface area contributed by atoms with E-state index in [9.17, 15) is 0 Å². The predicted octanol–water partition coefficient (Wildman–Crippen LogP) is 3.32. The largest absolute Gasteiger partial charge is 0.328 e. The molecule has 0 fully saturated rings. The van der Waals surface area contributed by atoms with E-state index < -0.39 is 5.54 Å². The third kappa shape index (κ3) is 4.74. The first-order valence-corrected chi connectivity index (χ1v) is 9.34. The van der Waals surface area contributed by atoms with Crippen molar-refractivity contribution in [1.29, 1.82) is 0 Å². The smallest absolute Gasteiger partial charge is 0.118 e. The van der Waals surface area contributed by atoms with Gasteiger partial charge in [0.25, 0.3) is 0 Å². The van der Waals surface area contributed by atoms with Gasteiger partial charge in [0.05, 0.1) is 11.4 Å². The molecule has 0 unspecified atom stereocenters. The van der Waals surface area contributed by atoms with Gasteiger partial charge in [0.15, 0.2) is 0 Å². The number of hydrogen-bond acceptors (Lipinski definition) is 4. The molecule has 0 aliphatic rings. The summed E-state index contributed by atoms with van der Waals surface area (Å²) >= 11 is 0. The van der Waals surface area contributed by atoms with E-state index in [2.05, 4.69) is 44.7 Å². The molecule has 0 bridgehead atoms. The average Bonchev–Trinajstić information content (AvgIpc) is 3.39. The maximum Gasteiger partial charge on any atom is 0.118 e. The number of nitrogens with zero attached hydrogens (tertiary/aromatic N) is 2. The molecule has 2 heterocycles. The van der Waals surface area contributed by atoms with Gasteiger partial charge in [-0.05, 0) is 22.3 Å². The summed E-state index contributed by atoms with van der Waals surface area (Å²) in [5.74, 6) is 0. The molecule has 0 saturated heterocycles. The first-order valence-electron chi connectivity index (χ1n) is 9.34. The van der Waals surface area contributed by atoms with Crippen LogP contribution in [0, 0.1) is 0 Å². The summed E-state index contributed by atoms with van der Waals surface area (Å²) in [6.45, 7) is 0.201. The molecule has 0 atom stereocenters. The quantitative estimate of drug-likeness (QED) is 0.350. The van der Waals surface area contributed by atoms with E-state index in [1.807, 2.05) is 48.8 Å². The number of hydrogen-bond donors (Lipinski definition) is 4. The van der Waals surface area contributed by atoms with Crippen LogP contribution in [0.25, 0.3) is 0 Å². The summed E-state index contributed by atoms with van der Waals surface area (Å²) < 4.78 is 0. The monoisotopic (exact) mass is 444 g/mol. The summed E-state index contributed by atoms with van der Waals surface area (Å²) in [7, 11) is 0. The Morgan fingerprint density at radius 3 is 1.47 bits per heavy atom. The maximum atomic E-state index is 6.85. The molecule has 0 spiro atoms. The second-order valence-electron chi connectivity index (χ2n) is 7.02. The highest BCUT2D eigenvalue weighted by atomic mass is 35.5. The minimum absolute atomic E-state index is 0. The van der Waals surface area contributed by atoms with Crippen molar-refractivity contribution in [2.45, 2.75) is 18.4 Å². The minimum atomic E-state index is -0.978. The number of halogens is 2. The van der Waals surface area contributed by atoms with Crippen molar-refractivity contribution in [2.75, 3.05) is 6.54 Å². The lowest BCUT2D eigenvalue weighted by atomic mass is 9.85. The van der Waals surface area contributed by atoms with Crippen LogP contribution in [-0.4, -0.2) is 26.9 Å². The average molecular weight is 445 g/mol. The van der Waals surface area contributed by atoms with Gasteiger partial charge in [-0.3, -0.25) is 10.2 Å². The highest BCUT2D eigenvalue weighted by Crippen LogP contribution is 2.30. The Morgan fingerprint density at radius 1 is 0.700 bits per heavy atom. The molecule has 0 radical (unpaired) electrons. The second-order valence-corrected chi connectivity index (χ2v) is 7.02. The molecule has 0 saturated carbocycles. The zero-order chi connectivity index (χ0) is 19.4. The lowest BCUT2D eigenvalue weighted by Crippen LogP contribution is -2.47. The predicted molar refractivity (Wildman–Crippen MR) is 124 cm³/mol. The van der Waals surface area contributed by atoms with E-state index in [1.165, 1.54) is 11.1 Å². The van der Waals surface area contributed by atoms with Gasteiger partial charge < -0.3 is 11.5 Å².